The lowest BCUT2D eigenvalue weighted by Gasteiger charge is -2.33. The molecule has 8 heteroatoms. The maximum absolute atomic E-state index is 13.1. The standard InChI is InChI=1S/C17H18FN5O2/c1-22-10-13(8-19-22)17-20-16(21-25-17)15-11-24-7-6-23(15)9-12-2-4-14(18)5-3-12/h2-5,8,10,15H,6-7,9,11H2,1H3/t15-/m1/s1. The van der Waals surface area contributed by atoms with Crippen LogP contribution in [0.3, 0.4) is 0 Å². The zero-order valence-corrected chi connectivity index (χ0v) is 13.8. The fraction of sp³-hybridized carbons (Fsp3) is 0.353. The number of aromatic nitrogens is 4. The van der Waals surface area contributed by atoms with Gasteiger partial charge in [0.2, 0.25) is 0 Å². The average molecular weight is 343 g/mol. The van der Waals surface area contributed by atoms with Gasteiger partial charge in [-0.1, -0.05) is 17.3 Å². The van der Waals surface area contributed by atoms with Gasteiger partial charge in [-0.05, 0) is 17.7 Å². The second-order valence-electron chi connectivity index (χ2n) is 6.05. The summed E-state index contributed by atoms with van der Waals surface area (Å²) in [6, 6.07) is 6.42. The van der Waals surface area contributed by atoms with Crippen molar-refractivity contribution in [1.29, 1.82) is 0 Å². The Morgan fingerprint density at radius 3 is 2.88 bits per heavy atom. The summed E-state index contributed by atoms with van der Waals surface area (Å²) in [5, 5.41) is 8.24. The van der Waals surface area contributed by atoms with Crippen LogP contribution in [0, 0.1) is 5.82 Å². The molecule has 0 amide bonds. The van der Waals surface area contributed by atoms with E-state index in [4.69, 9.17) is 9.26 Å². The first-order chi connectivity index (χ1) is 12.2. The highest BCUT2D eigenvalue weighted by atomic mass is 19.1. The van der Waals surface area contributed by atoms with Gasteiger partial charge in [0.05, 0.1) is 31.0 Å². The van der Waals surface area contributed by atoms with Gasteiger partial charge in [-0.15, -0.1) is 0 Å². The highest BCUT2D eigenvalue weighted by Crippen LogP contribution is 2.26. The van der Waals surface area contributed by atoms with Crippen molar-refractivity contribution in [2.24, 2.45) is 7.05 Å². The predicted octanol–water partition coefficient (Wildman–Crippen LogP) is 2.18. The van der Waals surface area contributed by atoms with Crippen LogP contribution in [-0.4, -0.2) is 44.6 Å². The quantitative estimate of drug-likeness (QED) is 0.723. The first-order valence-corrected chi connectivity index (χ1v) is 8.08. The van der Waals surface area contributed by atoms with Crippen molar-refractivity contribution in [3.05, 3.63) is 53.9 Å². The summed E-state index contributed by atoms with van der Waals surface area (Å²) in [5.74, 6) is 0.789. The predicted molar refractivity (Wildman–Crippen MR) is 86.9 cm³/mol. The SMILES string of the molecule is Cn1cc(-c2nc([C@H]3COCCN3Cc3ccc(F)cc3)no2)cn1. The minimum absolute atomic E-state index is 0.104. The second-order valence-corrected chi connectivity index (χ2v) is 6.05. The Morgan fingerprint density at radius 2 is 2.12 bits per heavy atom. The highest BCUT2D eigenvalue weighted by Gasteiger charge is 2.29. The zero-order valence-electron chi connectivity index (χ0n) is 13.8. The number of benzene rings is 1. The molecule has 0 N–H and O–H groups in total. The van der Waals surface area contributed by atoms with Crippen molar-refractivity contribution in [1.82, 2.24) is 24.8 Å². The normalized spacial score (nSPS) is 18.6. The van der Waals surface area contributed by atoms with Gasteiger partial charge in [-0.25, -0.2) is 4.39 Å². The molecule has 130 valence electrons. The largest absolute Gasteiger partial charge is 0.378 e. The van der Waals surface area contributed by atoms with E-state index in [9.17, 15) is 4.39 Å². The molecule has 1 fully saturated rings. The minimum Gasteiger partial charge on any atom is -0.378 e. The molecule has 4 rings (SSSR count). The molecule has 0 unspecified atom stereocenters. The topological polar surface area (TPSA) is 69.2 Å². The molecule has 1 atom stereocenters. The van der Waals surface area contributed by atoms with Gasteiger partial charge in [0.1, 0.15) is 5.82 Å². The molecule has 7 nitrogen and oxygen atoms in total. The molecule has 1 aliphatic heterocycles. The van der Waals surface area contributed by atoms with Gasteiger partial charge in [-0.2, -0.15) is 10.1 Å². The van der Waals surface area contributed by atoms with Crippen molar-refractivity contribution in [2.75, 3.05) is 19.8 Å². The number of halogens is 1. The third-order valence-electron chi connectivity index (χ3n) is 4.23. The molecular formula is C17H18FN5O2. The summed E-state index contributed by atoms with van der Waals surface area (Å²) in [7, 11) is 1.83. The molecule has 1 aliphatic rings. The monoisotopic (exact) mass is 343 g/mol. The molecule has 0 spiro atoms. The molecule has 0 radical (unpaired) electrons. The van der Waals surface area contributed by atoms with E-state index in [-0.39, 0.29) is 11.9 Å². The number of rotatable bonds is 4. The minimum atomic E-state index is -0.235. The van der Waals surface area contributed by atoms with E-state index >= 15 is 0 Å². The second kappa shape index (κ2) is 6.73. The summed E-state index contributed by atoms with van der Waals surface area (Å²) in [6.07, 6.45) is 3.51. The number of morpholine rings is 1. The first-order valence-electron chi connectivity index (χ1n) is 8.08. The third-order valence-corrected chi connectivity index (χ3v) is 4.23. The van der Waals surface area contributed by atoms with Crippen molar-refractivity contribution < 1.29 is 13.7 Å². The van der Waals surface area contributed by atoms with E-state index in [1.165, 1.54) is 12.1 Å². The molecule has 0 saturated carbocycles. The van der Waals surface area contributed by atoms with Crippen LogP contribution in [-0.2, 0) is 18.3 Å². The maximum Gasteiger partial charge on any atom is 0.261 e. The van der Waals surface area contributed by atoms with Gasteiger partial charge in [0.15, 0.2) is 5.82 Å². The number of aryl methyl sites for hydroxylation is 1. The summed E-state index contributed by atoms with van der Waals surface area (Å²) >= 11 is 0. The smallest absolute Gasteiger partial charge is 0.261 e. The third kappa shape index (κ3) is 3.45. The van der Waals surface area contributed by atoms with E-state index in [2.05, 4.69) is 20.1 Å². The average Bonchev–Trinajstić information content (AvgIpc) is 3.26. The molecule has 1 saturated heterocycles. The summed E-state index contributed by atoms with van der Waals surface area (Å²) in [6.45, 7) is 2.56. The van der Waals surface area contributed by atoms with Crippen LogP contribution in [0.4, 0.5) is 4.39 Å². The molecule has 2 aromatic heterocycles. The Hall–Kier alpha value is -2.58. The van der Waals surface area contributed by atoms with Crippen LogP contribution in [0.25, 0.3) is 11.5 Å². The Morgan fingerprint density at radius 1 is 1.28 bits per heavy atom. The van der Waals surface area contributed by atoms with Crippen LogP contribution < -0.4 is 0 Å². The van der Waals surface area contributed by atoms with Gasteiger partial charge in [0, 0.05) is 26.3 Å². The molecule has 3 heterocycles. The summed E-state index contributed by atoms with van der Waals surface area (Å²) < 4.78 is 25.8. The fourth-order valence-corrected chi connectivity index (χ4v) is 2.91. The van der Waals surface area contributed by atoms with E-state index < -0.39 is 0 Å². The molecular weight excluding hydrogens is 325 g/mol. The molecule has 25 heavy (non-hydrogen) atoms. The van der Waals surface area contributed by atoms with Crippen molar-refractivity contribution >= 4 is 0 Å². The number of ether oxygens (including phenoxy) is 1. The van der Waals surface area contributed by atoms with Crippen LogP contribution >= 0.6 is 0 Å². The summed E-state index contributed by atoms with van der Waals surface area (Å²) in [4.78, 5) is 6.73. The Kier molecular flexibility index (Phi) is 4.29. The van der Waals surface area contributed by atoms with E-state index in [0.29, 0.717) is 31.5 Å². The summed E-state index contributed by atoms with van der Waals surface area (Å²) in [5.41, 5.74) is 1.81. The fourth-order valence-electron chi connectivity index (χ4n) is 2.91. The maximum atomic E-state index is 13.1. The Balaban J connectivity index is 1.54. The van der Waals surface area contributed by atoms with E-state index in [0.717, 1.165) is 17.7 Å². The van der Waals surface area contributed by atoms with Crippen LogP contribution in [0.2, 0.25) is 0 Å². The first kappa shape index (κ1) is 15.9. The molecule has 0 bridgehead atoms. The van der Waals surface area contributed by atoms with Gasteiger partial charge in [0.25, 0.3) is 5.89 Å². The lowest BCUT2D eigenvalue weighted by molar-refractivity contribution is -0.0166. The zero-order chi connectivity index (χ0) is 17.2. The van der Waals surface area contributed by atoms with E-state index in [1.807, 2.05) is 13.2 Å². The van der Waals surface area contributed by atoms with Gasteiger partial charge < -0.3 is 9.26 Å². The number of hydrogen-bond acceptors (Lipinski definition) is 6. The molecule has 0 aliphatic carbocycles. The lowest BCUT2D eigenvalue weighted by Crippen LogP contribution is -2.39. The molecule has 3 aromatic rings. The number of hydrogen-bond donors (Lipinski definition) is 0. The van der Waals surface area contributed by atoms with Crippen molar-refractivity contribution in [3.8, 4) is 11.5 Å². The van der Waals surface area contributed by atoms with Crippen LogP contribution in [0.1, 0.15) is 17.4 Å². The Bertz CT molecular complexity index is 845. The highest BCUT2D eigenvalue weighted by molar-refractivity contribution is 5.49. The van der Waals surface area contributed by atoms with E-state index in [1.54, 1.807) is 23.0 Å². The van der Waals surface area contributed by atoms with Gasteiger partial charge in [-0.3, -0.25) is 9.58 Å². The van der Waals surface area contributed by atoms with Crippen LogP contribution in [0.15, 0.2) is 41.2 Å². The van der Waals surface area contributed by atoms with Crippen molar-refractivity contribution in [3.63, 3.8) is 0 Å². The lowest BCUT2D eigenvalue weighted by atomic mass is 10.1. The molecule has 1 aromatic carbocycles. The number of nitrogens with zero attached hydrogens (tertiary/aromatic N) is 5. The van der Waals surface area contributed by atoms with Crippen LogP contribution in [0.5, 0.6) is 0 Å². The Labute approximate surface area is 144 Å². The van der Waals surface area contributed by atoms with Crippen molar-refractivity contribution in [2.45, 2.75) is 12.6 Å². The van der Waals surface area contributed by atoms with Gasteiger partial charge >= 0.3 is 0 Å².